The summed E-state index contributed by atoms with van der Waals surface area (Å²) in [7, 11) is 0. The molecule has 8 aliphatic carbocycles. The van der Waals surface area contributed by atoms with Gasteiger partial charge in [0.2, 0.25) is 11.6 Å². The number of benzene rings is 2. The number of azide groups is 1. The molecule has 0 unspecified atom stereocenters. The molecule has 2 aromatic carbocycles. The number of Topliss-reactive ketones (excluding diaryl/α,β-unsaturated/α-hetero) is 2. The van der Waals surface area contributed by atoms with Gasteiger partial charge in [-0.1, -0.05) is 106 Å². The van der Waals surface area contributed by atoms with Gasteiger partial charge in [0, 0.05) is 57.5 Å². The molecule has 14 aliphatic rings. The van der Waals surface area contributed by atoms with E-state index in [1.807, 2.05) is 94.6 Å². The van der Waals surface area contributed by atoms with Crippen LogP contribution in [0.5, 0.6) is 0 Å². The van der Waals surface area contributed by atoms with Crippen molar-refractivity contribution in [3.8, 4) is 29.7 Å². The summed E-state index contributed by atoms with van der Waals surface area (Å²) in [6.07, 6.45) is 5.38. The van der Waals surface area contributed by atoms with Crippen molar-refractivity contribution in [1.82, 2.24) is 15.0 Å². The molecule has 0 amide bonds. The zero-order valence-corrected chi connectivity index (χ0v) is 52.5. The van der Waals surface area contributed by atoms with E-state index in [0.29, 0.717) is 43.3 Å². The van der Waals surface area contributed by atoms with Crippen molar-refractivity contribution in [2.75, 3.05) is 13.2 Å². The van der Waals surface area contributed by atoms with E-state index in [2.05, 4.69) is 66.0 Å². The fourth-order valence-electron chi connectivity index (χ4n) is 20.2. The minimum atomic E-state index is -1.58. The molecular weight excluding hydrogens is 1250 g/mol. The third-order valence-corrected chi connectivity index (χ3v) is 22.2. The van der Waals surface area contributed by atoms with Crippen molar-refractivity contribution in [2.24, 2.45) is 73.1 Å². The molecule has 85 heavy (non-hydrogen) atoms. The fraction of sp³-hybridized carbons (Fsp3) is 0.641. The monoisotopic (exact) mass is 1330 g/mol. The predicted molar refractivity (Wildman–Crippen MR) is 313 cm³/mol. The van der Waals surface area contributed by atoms with E-state index in [0.717, 1.165) is 23.2 Å². The number of nitrogens with zero attached hydrogens (tertiary/aromatic N) is 7. The summed E-state index contributed by atoms with van der Waals surface area (Å²) >= 11 is 5.87. The van der Waals surface area contributed by atoms with Gasteiger partial charge in [0.15, 0.2) is 23.1 Å². The Morgan fingerprint density at radius 2 is 1.18 bits per heavy atom. The van der Waals surface area contributed by atoms with Crippen LogP contribution in [0.2, 0.25) is 0 Å². The van der Waals surface area contributed by atoms with Gasteiger partial charge >= 0.3 is 33.1 Å². The Balaban J connectivity index is 0.000000149. The van der Waals surface area contributed by atoms with Gasteiger partial charge < -0.3 is 48.8 Å². The molecule has 8 saturated carbocycles. The van der Waals surface area contributed by atoms with Crippen LogP contribution in [0.25, 0.3) is 21.7 Å². The van der Waals surface area contributed by atoms with Crippen molar-refractivity contribution < 1.29 is 71.2 Å². The Morgan fingerprint density at radius 3 is 1.62 bits per heavy atom. The van der Waals surface area contributed by atoms with Crippen molar-refractivity contribution in [2.45, 2.75) is 173 Å². The molecule has 0 radical (unpaired) electrons. The van der Waals surface area contributed by atoms with E-state index in [1.54, 1.807) is 44.9 Å². The van der Waals surface area contributed by atoms with Crippen LogP contribution in [0.4, 0.5) is 0 Å². The molecule has 6 spiro atoms. The molecule has 4 N–H and O–H groups in total. The Morgan fingerprint density at radius 1 is 0.729 bits per heavy atom. The van der Waals surface area contributed by atoms with Crippen LogP contribution in [0.1, 0.15) is 112 Å². The zero-order chi connectivity index (χ0) is 61.6. The molecular formula is C64H77CuIN7O12. The van der Waals surface area contributed by atoms with Crippen molar-refractivity contribution >= 4 is 31.9 Å². The van der Waals surface area contributed by atoms with Crippen LogP contribution in [0.3, 0.4) is 0 Å². The average Bonchev–Trinajstić information content (AvgIpc) is 1.63. The summed E-state index contributed by atoms with van der Waals surface area (Å²) in [4.78, 5) is 31.4. The van der Waals surface area contributed by atoms with Crippen LogP contribution in [-0.2, 0) is 50.8 Å². The number of fused-ring (bicyclic) bond motifs is 2. The number of aliphatic hydroxyl groups is 4. The van der Waals surface area contributed by atoms with E-state index >= 15 is 0 Å². The number of nitriles is 1. The van der Waals surface area contributed by atoms with Gasteiger partial charge in [-0.05, 0) is 118 Å². The number of terminal acetylenes is 1. The summed E-state index contributed by atoms with van der Waals surface area (Å²) in [6, 6.07) is 20.1. The first-order valence-electron chi connectivity index (χ1n) is 29.3. The first kappa shape index (κ1) is 62.2. The van der Waals surface area contributed by atoms with Crippen LogP contribution in [0.15, 0.2) is 96.3 Å². The number of carbonyl (C=O) groups excluding carboxylic acids is 2. The van der Waals surface area contributed by atoms with Crippen LogP contribution in [-0.4, -0.2) is 126 Å². The van der Waals surface area contributed by atoms with Crippen molar-refractivity contribution in [3.63, 3.8) is 0 Å². The summed E-state index contributed by atoms with van der Waals surface area (Å²) in [6.45, 7) is 25.6. The zero-order valence-electron chi connectivity index (χ0n) is 49.4. The normalized spacial score (nSPS) is 44.5. The second-order valence-corrected chi connectivity index (χ2v) is 27.8. The number of ether oxygens (including phenoxy) is 6. The molecule has 7 heterocycles. The number of aromatic nitrogens is 3. The van der Waals surface area contributed by atoms with Gasteiger partial charge in [0.1, 0.15) is 28.7 Å². The molecule has 458 valence electrons. The molecule has 17 rings (SSSR count). The maximum atomic E-state index is 14.4. The quantitative estimate of drug-likeness (QED) is 0.0363. The Bertz CT molecular complexity index is 3330. The van der Waals surface area contributed by atoms with Gasteiger partial charge in [-0.3, -0.25) is 9.59 Å². The van der Waals surface area contributed by atoms with Gasteiger partial charge in [0.25, 0.3) is 0 Å². The first-order chi connectivity index (χ1) is 40.2. The Hall–Kier alpha value is -4.39. The molecule has 19 nitrogen and oxygen atoms in total. The number of aliphatic hydroxyl groups excluding tert-OH is 4. The topological polar surface area (TPSA) is 274 Å². The van der Waals surface area contributed by atoms with Crippen LogP contribution < -0.4 is 0 Å². The second-order valence-electron chi connectivity index (χ2n) is 27.8. The Kier molecular flexibility index (Phi) is 15.5. The van der Waals surface area contributed by atoms with Gasteiger partial charge in [-0.25, -0.2) is 4.68 Å². The molecule has 8 bridgehead atoms. The molecule has 6 saturated heterocycles. The van der Waals surface area contributed by atoms with Gasteiger partial charge in [-0.15, -0.1) is 11.5 Å². The average molecular weight is 1330 g/mol. The number of carbonyl (C=O) groups is 2. The summed E-state index contributed by atoms with van der Waals surface area (Å²) in [5.41, 5.74) is 7.41. The summed E-state index contributed by atoms with van der Waals surface area (Å²) in [5.74, 6) is -4.87. The van der Waals surface area contributed by atoms with E-state index in [4.69, 9.17) is 40.1 Å². The van der Waals surface area contributed by atoms with E-state index in [1.165, 1.54) is 6.92 Å². The fourth-order valence-corrected chi connectivity index (χ4v) is 20.2. The molecule has 14 fully saturated rings. The molecule has 21 heteroatoms. The summed E-state index contributed by atoms with van der Waals surface area (Å²) in [5, 5.41) is 68.9. The molecule has 3 aromatic rings. The third kappa shape index (κ3) is 8.08. The van der Waals surface area contributed by atoms with E-state index < -0.39 is 110 Å². The molecule has 1 aromatic heterocycles. The minimum absolute atomic E-state index is 0.121. The number of ketones is 2. The molecule has 6 aliphatic heterocycles. The van der Waals surface area contributed by atoms with Crippen molar-refractivity contribution in [1.29, 1.82) is 5.26 Å². The summed E-state index contributed by atoms with van der Waals surface area (Å²) < 4.78 is 40.9. The Labute approximate surface area is 516 Å². The number of halogens is 1. The number of hydrogen-bond acceptors (Lipinski definition) is 16. The predicted octanol–water partition coefficient (Wildman–Crippen LogP) is 8.83. The van der Waals surface area contributed by atoms with Gasteiger partial charge in [0.05, 0.1) is 62.0 Å². The van der Waals surface area contributed by atoms with E-state index in [9.17, 15) is 35.5 Å². The standard InChI is InChI=1S/C31H37N3O6.C23H31N3O6.C8H6.C2H3N.Cu.HI/c1-16-18-11-12-21-29-15-38-31(30(21,23(16)35)26(18)39-28(4,5)40-31)25(37)22(29)27(2,3)13-20(24(29)36)34-14-19(32-33-34)17-9-7-6-8-10-17;1-10-11-6-7-13-21-9-30-23(22(13,15(10)27)18(11)31-20(4,5)32-23)17(29)14(21)19(2,3)8-12(16(21)28)25-26-24;1-2-8-6-4-3-5-7-8;1-2-3;;/h6-10,14,18,20-22,24-26,36-37H,1,11-13,15H2,2-5H3;11-14,16-18,28-29H,1,6-9H2,2-5H3;1,3-7H;1H3;;1H/q;;;;+1;/p-1/t18-,20-,21-,22+,24+,25-,26+,29-,30-,31-;11-,12-,13-,14+,16+,17-,18+,21-,22-,23-;;;;/m00..../s1. The van der Waals surface area contributed by atoms with E-state index in [-0.39, 0.29) is 54.4 Å². The van der Waals surface area contributed by atoms with Gasteiger partial charge in [-0.2, -0.15) is 5.26 Å². The first-order valence-corrected chi connectivity index (χ1v) is 32.4. The van der Waals surface area contributed by atoms with Crippen LogP contribution in [0, 0.1) is 91.7 Å². The molecule has 20 atom stereocenters. The van der Waals surface area contributed by atoms with Crippen LogP contribution >= 0.6 is 20.3 Å². The number of hydrogen-bond donors (Lipinski definition) is 4. The maximum absolute atomic E-state index is 14.4. The second kappa shape index (κ2) is 21.1. The third-order valence-electron chi connectivity index (χ3n) is 22.2. The number of rotatable bonds is 3. The SMILES string of the molecule is C#Cc1ccccc1.C=C1C(=O)[C@@]23[C@@H]4OC(C)(C)O[C@]25OC[C@]2([C@H](O)[C@@H](N=[N+]=[N-])CC(C)(C)[C@H]2[C@@H]5O)[C@@H]3CC[C@@H]14.C=C1C(=O)[C@@]23[C@@H]4OC(C)(C)O[C@]25OC[C@]2([C@H](O)[C@@H](n6cc(-c7ccccc7)nn6)CC(C)(C)[C@H]2[C@@H]5O)[C@@H]3CC[C@@H]14.CC#N.[Cu][I]. The van der Waals surface area contributed by atoms with Crippen molar-refractivity contribution in [3.05, 3.63) is 107 Å².